The van der Waals surface area contributed by atoms with Gasteiger partial charge in [-0.15, -0.1) is 0 Å². The second-order valence-electron chi connectivity index (χ2n) is 9.06. The van der Waals surface area contributed by atoms with E-state index in [0.29, 0.717) is 36.6 Å². The van der Waals surface area contributed by atoms with Crippen LogP contribution in [-0.2, 0) is 16.2 Å². The van der Waals surface area contributed by atoms with Crippen molar-refractivity contribution in [3.8, 4) is 5.75 Å². The maximum Gasteiger partial charge on any atom is 0.295 e. The highest BCUT2D eigenvalue weighted by Crippen LogP contribution is 2.39. The van der Waals surface area contributed by atoms with Gasteiger partial charge in [-0.2, -0.15) is 0 Å². The lowest BCUT2D eigenvalue weighted by Gasteiger charge is -2.28. The Hall–Kier alpha value is -3.97. The third-order valence-corrected chi connectivity index (χ3v) is 6.78. The summed E-state index contributed by atoms with van der Waals surface area (Å²) in [6.45, 7) is 9.12. The molecule has 0 bridgehead atoms. The number of likely N-dealkylation sites (tertiary alicyclic amines) is 1. The molecule has 0 aliphatic carbocycles. The van der Waals surface area contributed by atoms with E-state index in [1.54, 1.807) is 41.6 Å². The number of rotatable bonds is 10. The highest BCUT2D eigenvalue weighted by atomic mass is 16.5. The van der Waals surface area contributed by atoms with Crippen molar-refractivity contribution in [3.05, 3.63) is 101 Å². The Morgan fingerprint density at radius 3 is 2.46 bits per heavy atom. The number of benzene rings is 2. The minimum absolute atomic E-state index is 0.0786. The van der Waals surface area contributed by atoms with Gasteiger partial charge in [-0.25, -0.2) is 0 Å². The molecule has 4 rings (SSSR count). The lowest BCUT2D eigenvalue weighted by Crippen LogP contribution is -2.38. The van der Waals surface area contributed by atoms with Crippen molar-refractivity contribution in [1.29, 1.82) is 0 Å². The molecule has 1 saturated heterocycles. The van der Waals surface area contributed by atoms with Crippen LogP contribution in [0.2, 0.25) is 0 Å². The van der Waals surface area contributed by atoms with E-state index in [9.17, 15) is 14.7 Å². The van der Waals surface area contributed by atoms with Gasteiger partial charge in [-0.1, -0.05) is 50.2 Å². The zero-order valence-corrected chi connectivity index (χ0v) is 21.6. The van der Waals surface area contributed by atoms with Gasteiger partial charge in [0.05, 0.1) is 11.6 Å². The smallest absolute Gasteiger partial charge is 0.295 e. The predicted octanol–water partition coefficient (Wildman–Crippen LogP) is 4.73. The lowest BCUT2D eigenvalue weighted by atomic mass is 9.95. The largest absolute Gasteiger partial charge is 0.507 e. The zero-order valence-electron chi connectivity index (χ0n) is 21.6. The van der Waals surface area contributed by atoms with E-state index in [4.69, 9.17) is 4.74 Å². The molecule has 192 valence electrons. The number of aryl methyl sites for hydroxylation is 1. The molecule has 1 aromatic heterocycles. The van der Waals surface area contributed by atoms with Gasteiger partial charge in [0.2, 0.25) is 0 Å². The molecule has 1 aliphatic heterocycles. The molecule has 2 aromatic carbocycles. The third kappa shape index (κ3) is 5.73. The van der Waals surface area contributed by atoms with Crippen molar-refractivity contribution in [2.75, 3.05) is 26.2 Å². The number of carbonyl (C=O) groups is 2. The summed E-state index contributed by atoms with van der Waals surface area (Å²) in [4.78, 5) is 34.3. The summed E-state index contributed by atoms with van der Waals surface area (Å²) in [6.07, 6.45) is 3.28. The Kier molecular flexibility index (Phi) is 8.36. The van der Waals surface area contributed by atoms with Gasteiger partial charge in [0, 0.05) is 31.0 Å². The van der Waals surface area contributed by atoms with E-state index in [0.717, 1.165) is 24.2 Å². The summed E-state index contributed by atoms with van der Waals surface area (Å²) in [5, 5.41) is 11.4. The molecule has 7 heteroatoms. The Labute approximate surface area is 218 Å². The van der Waals surface area contributed by atoms with Crippen molar-refractivity contribution < 1.29 is 19.4 Å². The van der Waals surface area contributed by atoms with Crippen molar-refractivity contribution in [1.82, 2.24) is 14.8 Å². The number of ketones is 1. The number of carbonyl (C=O) groups excluding carboxylic acids is 2. The van der Waals surface area contributed by atoms with Crippen LogP contribution in [0.1, 0.15) is 42.1 Å². The van der Waals surface area contributed by atoms with E-state index >= 15 is 0 Å². The molecular formula is C30H33N3O4. The Bertz CT molecular complexity index is 1270. The first-order valence-corrected chi connectivity index (χ1v) is 12.6. The number of ether oxygens (including phenoxy) is 1. The van der Waals surface area contributed by atoms with Gasteiger partial charge < -0.3 is 19.6 Å². The second-order valence-corrected chi connectivity index (χ2v) is 9.06. The lowest BCUT2D eigenvalue weighted by molar-refractivity contribution is -0.140. The maximum absolute atomic E-state index is 13.2. The van der Waals surface area contributed by atoms with Crippen molar-refractivity contribution in [2.45, 2.75) is 33.4 Å². The summed E-state index contributed by atoms with van der Waals surface area (Å²) in [6, 6.07) is 18.0. The fraction of sp³-hybridized carbons (Fsp3) is 0.300. The monoisotopic (exact) mass is 499 g/mol. The van der Waals surface area contributed by atoms with Gasteiger partial charge >= 0.3 is 0 Å². The van der Waals surface area contributed by atoms with Crippen LogP contribution in [0.4, 0.5) is 0 Å². The molecule has 0 unspecified atom stereocenters. The number of hydrogen-bond acceptors (Lipinski definition) is 6. The van der Waals surface area contributed by atoms with Crippen molar-refractivity contribution >= 4 is 17.4 Å². The number of nitrogens with zero attached hydrogens (tertiary/aromatic N) is 3. The van der Waals surface area contributed by atoms with Gasteiger partial charge in [-0.3, -0.25) is 14.6 Å². The molecule has 0 radical (unpaired) electrons. The maximum atomic E-state index is 13.2. The van der Waals surface area contributed by atoms with Crippen LogP contribution in [0.25, 0.3) is 5.76 Å². The highest BCUT2D eigenvalue weighted by Gasteiger charge is 2.46. The number of pyridine rings is 1. The summed E-state index contributed by atoms with van der Waals surface area (Å²) in [5.41, 5.74) is 3.08. The highest BCUT2D eigenvalue weighted by molar-refractivity contribution is 6.46. The summed E-state index contributed by atoms with van der Waals surface area (Å²) >= 11 is 0. The first kappa shape index (κ1) is 26.1. The number of likely N-dealkylation sites (N-methyl/N-ethyl adjacent to an activating group) is 1. The van der Waals surface area contributed by atoms with Gasteiger partial charge in [0.25, 0.3) is 11.7 Å². The van der Waals surface area contributed by atoms with Crippen LogP contribution >= 0.6 is 0 Å². The van der Waals surface area contributed by atoms with E-state index in [1.807, 2.05) is 43.3 Å². The number of Topliss-reactive ketones (excluding diaryl/α,β-unsaturated/α-hetero) is 1. The van der Waals surface area contributed by atoms with Crippen molar-refractivity contribution in [3.63, 3.8) is 0 Å². The number of aliphatic hydroxyl groups excluding tert-OH is 1. The molecule has 7 nitrogen and oxygen atoms in total. The van der Waals surface area contributed by atoms with Gasteiger partial charge in [0.15, 0.2) is 0 Å². The Morgan fingerprint density at radius 2 is 1.81 bits per heavy atom. The number of aliphatic hydroxyl groups is 1. The Morgan fingerprint density at radius 1 is 1.05 bits per heavy atom. The molecule has 1 N–H and O–H groups in total. The minimum Gasteiger partial charge on any atom is -0.507 e. The topological polar surface area (TPSA) is 83.0 Å². The minimum atomic E-state index is -0.710. The quantitative estimate of drug-likeness (QED) is 0.247. The first-order valence-electron chi connectivity index (χ1n) is 12.6. The Balaban J connectivity index is 1.66. The van der Waals surface area contributed by atoms with Gasteiger partial charge in [-0.05, 0) is 61.0 Å². The second kappa shape index (κ2) is 11.8. The number of amides is 1. The average molecular weight is 500 g/mol. The van der Waals surface area contributed by atoms with Crippen LogP contribution in [0.3, 0.4) is 0 Å². The predicted molar refractivity (Wildman–Crippen MR) is 143 cm³/mol. The van der Waals surface area contributed by atoms with E-state index < -0.39 is 17.7 Å². The van der Waals surface area contributed by atoms with Crippen LogP contribution in [0.5, 0.6) is 5.75 Å². The van der Waals surface area contributed by atoms with Crippen LogP contribution in [-0.4, -0.2) is 57.8 Å². The molecule has 1 fully saturated rings. The van der Waals surface area contributed by atoms with Crippen molar-refractivity contribution in [2.24, 2.45) is 0 Å². The molecule has 1 amide bonds. The van der Waals surface area contributed by atoms with E-state index in [-0.39, 0.29) is 11.3 Å². The SMILES string of the molecule is CCN(CC)CCN1C(=O)C(=O)C(=C(O)c2ccc(OCc3ccccc3)c(C)c2)[C@H]1c1cccnc1. The van der Waals surface area contributed by atoms with Gasteiger partial charge in [0.1, 0.15) is 18.1 Å². The normalized spacial score (nSPS) is 17.0. The molecule has 1 atom stereocenters. The molecule has 0 saturated carbocycles. The molecule has 3 aromatic rings. The summed E-state index contributed by atoms with van der Waals surface area (Å²) in [7, 11) is 0. The van der Waals surface area contributed by atoms with Crippen LogP contribution < -0.4 is 4.74 Å². The zero-order chi connectivity index (χ0) is 26.4. The fourth-order valence-corrected chi connectivity index (χ4v) is 4.63. The third-order valence-electron chi connectivity index (χ3n) is 6.78. The number of aromatic nitrogens is 1. The van der Waals surface area contributed by atoms with E-state index in [2.05, 4.69) is 23.7 Å². The molecular weight excluding hydrogens is 466 g/mol. The summed E-state index contributed by atoms with van der Waals surface area (Å²) in [5.74, 6) is -0.811. The molecule has 37 heavy (non-hydrogen) atoms. The molecule has 1 aliphatic rings. The number of hydrogen-bond donors (Lipinski definition) is 1. The van der Waals surface area contributed by atoms with Crippen LogP contribution in [0.15, 0.2) is 78.6 Å². The average Bonchev–Trinajstić information content (AvgIpc) is 3.18. The van der Waals surface area contributed by atoms with E-state index in [1.165, 1.54) is 0 Å². The van der Waals surface area contributed by atoms with Crippen LogP contribution in [0, 0.1) is 6.92 Å². The first-order chi connectivity index (χ1) is 17.9. The molecule has 0 spiro atoms. The summed E-state index contributed by atoms with van der Waals surface area (Å²) < 4.78 is 5.96. The standard InChI is InChI=1S/C30H33N3O4/c1-4-32(5-2)16-17-33-27(24-12-9-15-31-19-24)26(29(35)30(33)36)28(34)23-13-14-25(21(3)18-23)37-20-22-10-7-6-8-11-22/h6-15,18-19,27,34H,4-5,16-17,20H2,1-3H3/t27-/m1/s1. The molecule has 2 heterocycles. The fourth-order valence-electron chi connectivity index (χ4n) is 4.63.